The molecule has 6 heteroatoms. The number of methoxy groups -OCH3 is 1. The maximum atomic E-state index is 12.9. The Kier molecular flexibility index (Phi) is 3.61. The first-order valence-electron chi connectivity index (χ1n) is 6.95. The first-order valence-corrected chi connectivity index (χ1v) is 6.95. The van der Waals surface area contributed by atoms with Crippen LogP contribution in [0.25, 0.3) is 0 Å². The Morgan fingerprint density at radius 2 is 1.96 bits per heavy atom. The summed E-state index contributed by atoms with van der Waals surface area (Å²) in [6.45, 7) is 0. The van der Waals surface area contributed by atoms with Gasteiger partial charge in [0.1, 0.15) is 11.6 Å². The zero-order chi connectivity index (χ0) is 16.6. The van der Waals surface area contributed by atoms with Gasteiger partial charge in [-0.3, -0.25) is 9.59 Å². The summed E-state index contributed by atoms with van der Waals surface area (Å²) in [4.78, 5) is 24.5. The van der Waals surface area contributed by atoms with Crippen LogP contribution in [0, 0.1) is 5.82 Å². The highest BCUT2D eigenvalue weighted by Crippen LogP contribution is 2.40. The first-order chi connectivity index (χ1) is 10.9. The Morgan fingerprint density at radius 1 is 1.26 bits per heavy atom. The Morgan fingerprint density at radius 3 is 2.61 bits per heavy atom. The molecule has 2 N–H and O–H groups in total. The van der Waals surface area contributed by atoms with Crippen molar-refractivity contribution in [3.05, 3.63) is 59.4 Å². The molecule has 23 heavy (non-hydrogen) atoms. The van der Waals surface area contributed by atoms with Crippen molar-refractivity contribution in [3.63, 3.8) is 0 Å². The van der Waals surface area contributed by atoms with Crippen LogP contribution in [0.2, 0.25) is 0 Å². The fourth-order valence-electron chi connectivity index (χ4n) is 2.60. The van der Waals surface area contributed by atoms with Gasteiger partial charge in [0.2, 0.25) is 0 Å². The van der Waals surface area contributed by atoms with E-state index in [0.29, 0.717) is 11.4 Å². The summed E-state index contributed by atoms with van der Waals surface area (Å²) in [6.07, 6.45) is -0.440. The minimum Gasteiger partial charge on any atom is -0.497 e. The van der Waals surface area contributed by atoms with E-state index in [2.05, 4.69) is 5.32 Å². The minimum atomic E-state index is -1.98. The Bertz CT molecular complexity index is 788. The molecule has 0 radical (unpaired) electrons. The van der Waals surface area contributed by atoms with Crippen LogP contribution in [-0.2, 0) is 10.4 Å². The van der Waals surface area contributed by atoms with Crippen LogP contribution in [0.4, 0.5) is 10.1 Å². The molecule has 2 aromatic carbocycles. The van der Waals surface area contributed by atoms with Gasteiger partial charge in [-0.2, -0.15) is 0 Å². The normalized spacial score (nSPS) is 19.2. The van der Waals surface area contributed by atoms with E-state index in [1.165, 1.54) is 25.3 Å². The third-order valence-corrected chi connectivity index (χ3v) is 3.88. The number of nitrogens with one attached hydrogen (secondary N) is 1. The molecule has 1 aliphatic rings. The van der Waals surface area contributed by atoms with Crippen molar-refractivity contribution in [2.75, 3.05) is 12.4 Å². The molecule has 1 heterocycles. The SMILES string of the molecule is COc1ccc2c(c1)C(O)(CC(=O)c1ccc(F)cc1)C(=O)N2. The molecule has 1 atom stereocenters. The van der Waals surface area contributed by atoms with Crippen LogP contribution < -0.4 is 10.1 Å². The number of halogens is 1. The molecule has 0 fully saturated rings. The average Bonchev–Trinajstić information content (AvgIpc) is 2.78. The number of anilines is 1. The average molecular weight is 315 g/mol. The second kappa shape index (κ2) is 5.48. The maximum Gasteiger partial charge on any atom is 0.261 e. The van der Waals surface area contributed by atoms with E-state index in [9.17, 15) is 19.1 Å². The van der Waals surface area contributed by atoms with Gasteiger partial charge in [-0.1, -0.05) is 0 Å². The largest absolute Gasteiger partial charge is 0.497 e. The van der Waals surface area contributed by atoms with Crippen molar-refractivity contribution >= 4 is 17.4 Å². The zero-order valence-electron chi connectivity index (χ0n) is 12.3. The van der Waals surface area contributed by atoms with Gasteiger partial charge < -0.3 is 15.2 Å². The van der Waals surface area contributed by atoms with E-state index >= 15 is 0 Å². The highest BCUT2D eigenvalue weighted by Gasteiger charge is 2.47. The van der Waals surface area contributed by atoms with Gasteiger partial charge in [-0.25, -0.2) is 4.39 Å². The van der Waals surface area contributed by atoms with Crippen molar-refractivity contribution in [1.82, 2.24) is 0 Å². The highest BCUT2D eigenvalue weighted by molar-refractivity contribution is 6.09. The number of aliphatic hydroxyl groups is 1. The number of benzene rings is 2. The molecule has 0 aliphatic carbocycles. The number of carbonyl (C=O) groups excluding carboxylic acids is 2. The number of fused-ring (bicyclic) bond motifs is 1. The molecule has 118 valence electrons. The summed E-state index contributed by atoms with van der Waals surface area (Å²) in [5, 5.41) is 13.3. The third kappa shape index (κ3) is 2.57. The van der Waals surface area contributed by atoms with E-state index in [0.717, 1.165) is 12.1 Å². The van der Waals surface area contributed by atoms with Crippen LogP contribution in [0.1, 0.15) is 22.3 Å². The summed E-state index contributed by atoms with van der Waals surface area (Å²) in [6, 6.07) is 9.72. The molecule has 1 unspecified atom stereocenters. The lowest BCUT2D eigenvalue weighted by molar-refractivity contribution is -0.133. The standard InChI is InChI=1S/C17H14FNO4/c1-23-12-6-7-14-13(8-12)17(22,16(21)19-14)9-15(20)10-2-4-11(18)5-3-10/h2-8,22H,9H2,1H3,(H,19,21). The molecule has 0 saturated heterocycles. The van der Waals surface area contributed by atoms with E-state index in [1.807, 2.05) is 0 Å². The Balaban J connectivity index is 1.94. The van der Waals surface area contributed by atoms with Gasteiger partial charge in [-0.15, -0.1) is 0 Å². The monoisotopic (exact) mass is 315 g/mol. The van der Waals surface area contributed by atoms with Gasteiger partial charge in [0.15, 0.2) is 11.4 Å². The van der Waals surface area contributed by atoms with Crippen LogP contribution in [0.15, 0.2) is 42.5 Å². The van der Waals surface area contributed by atoms with Crippen molar-refractivity contribution < 1.29 is 23.8 Å². The molecule has 5 nitrogen and oxygen atoms in total. The molecule has 2 aromatic rings. The summed E-state index contributed by atoms with van der Waals surface area (Å²) < 4.78 is 18.0. The summed E-state index contributed by atoms with van der Waals surface area (Å²) in [5.74, 6) is -1.13. The molecular formula is C17H14FNO4. The Labute approximate surface area is 131 Å². The van der Waals surface area contributed by atoms with E-state index in [-0.39, 0.29) is 11.1 Å². The smallest absolute Gasteiger partial charge is 0.261 e. The first kappa shape index (κ1) is 15.2. The lowest BCUT2D eigenvalue weighted by Crippen LogP contribution is -2.36. The molecule has 0 saturated carbocycles. The molecule has 0 aromatic heterocycles. The van der Waals surface area contributed by atoms with E-state index in [4.69, 9.17) is 4.74 Å². The van der Waals surface area contributed by atoms with Gasteiger partial charge >= 0.3 is 0 Å². The summed E-state index contributed by atoms with van der Waals surface area (Å²) in [7, 11) is 1.47. The highest BCUT2D eigenvalue weighted by atomic mass is 19.1. The molecule has 0 spiro atoms. The van der Waals surface area contributed by atoms with Crippen LogP contribution in [0.3, 0.4) is 0 Å². The quantitative estimate of drug-likeness (QED) is 0.849. The van der Waals surface area contributed by atoms with Crippen molar-refractivity contribution in [1.29, 1.82) is 0 Å². The van der Waals surface area contributed by atoms with Crippen molar-refractivity contribution in [2.24, 2.45) is 0 Å². The number of ketones is 1. The maximum absolute atomic E-state index is 12.9. The Hall–Kier alpha value is -2.73. The molecule has 0 bridgehead atoms. The fourth-order valence-corrected chi connectivity index (χ4v) is 2.60. The van der Waals surface area contributed by atoms with Gasteiger partial charge in [-0.05, 0) is 42.5 Å². The summed E-state index contributed by atoms with van der Waals surface area (Å²) in [5.41, 5.74) is -1.03. The number of amides is 1. The van der Waals surface area contributed by atoms with Crippen LogP contribution in [-0.4, -0.2) is 23.9 Å². The third-order valence-electron chi connectivity index (χ3n) is 3.88. The lowest BCUT2D eigenvalue weighted by Gasteiger charge is -2.20. The fraction of sp³-hybridized carbons (Fsp3) is 0.176. The minimum absolute atomic E-state index is 0.226. The molecule has 3 rings (SSSR count). The van der Waals surface area contributed by atoms with Gasteiger partial charge in [0.05, 0.1) is 13.5 Å². The van der Waals surface area contributed by atoms with Crippen molar-refractivity contribution in [3.8, 4) is 5.75 Å². The predicted molar refractivity (Wildman–Crippen MR) is 80.9 cm³/mol. The van der Waals surface area contributed by atoms with Gasteiger partial charge in [0, 0.05) is 16.8 Å². The molecule has 1 aliphatic heterocycles. The second-order valence-corrected chi connectivity index (χ2v) is 5.33. The van der Waals surface area contributed by atoms with Crippen molar-refractivity contribution in [2.45, 2.75) is 12.0 Å². The van der Waals surface area contributed by atoms with Crippen LogP contribution >= 0.6 is 0 Å². The number of hydrogen-bond donors (Lipinski definition) is 2. The summed E-state index contributed by atoms with van der Waals surface area (Å²) >= 11 is 0. The van der Waals surface area contributed by atoms with Crippen LogP contribution in [0.5, 0.6) is 5.75 Å². The lowest BCUT2D eigenvalue weighted by atomic mass is 9.88. The number of hydrogen-bond acceptors (Lipinski definition) is 4. The number of Topliss-reactive ketones (excluding diaryl/α,β-unsaturated/α-hetero) is 1. The van der Waals surface area contributed by atoms with E-state index in [1.54, 1.807) is 12.1 Å². The predicted octanol–water partition coefficient (Wildman–Crippen LogP) is 2.25. The topological polar surface area (TPSA) is 75.6 Å². The number of ether oxygens (including phenoxy) is 1. The zero-order valence-corrected chi connectivity index (χ0v) is 12.3. The molecule has 1 amide bonds. The van der Waals surface area contributed by atoms with Gasteiger partial charge in [0.25, 0.3) is 5.91 Å². The number of carbonyl (C=O) groups is 2. The molecular weight excluding hydrogens is 301 g/mol. The number of rotatable bonds is 4. The second-order valence-electron chi connectivity index (χ2n) is 5.33. The van der Waals surface area contributed by atoms with E-state index < -0.39 is 29.5 Å².